The van der Waals surface area contributed by atoms with Crippen molar-refractivity contribution in [3.05, 3.63) is 12.7 Å². The predicted octanol–water partition coefficient (Wildman–Crippen LogP) is -3.51. The minimum Gasteiger partial charge on any atom is -0.394 e. The lowest BCUT2D eigenvalue weighted by Gasteiger charge is -2.27. The van der Waals surface area contributed by atoms with Crippen LogP contribution < -0.4 is 5.32 Å². The number of amides is 1. The second kappa shape index (κ2) is 11.5. The summed E-state index contributed by atoms with van der Waals surface area (Å²) in [5.41, 5.74) is 0. The molecule has 0 aliphatic rings. The summed E-state index contributed by atoms with van der Waals surface area (Å²) in [5, 5.41) is 58.2. The van der Waals surface area contributed by atoms with Crippen molar-refractivity contribution in [1.82, 2.24) is 5.32 Å². The summed E-state index contributed by atoms with van der Waals surface area (Å²) in [6.45, 7) is 3.55. The molecule has 0 saturated carbocycles. The van der Waals surface area contributed by atoms with Crippen molar-refractivity contribution in [3.63, 3.8) is 0 Å². The highest BCUT2D eigenvalue weighted by Crippen LogP contribution is 2.08. The van der Waals surface area contributed by atoms with Crippen molar-refractivity contribution in [2.75, 3.05) is 26.4 Å². The third-order valence-electron chi connectivity index (χ3n) is 2.87. The molecule has 0 fully saturated rings. The zero-order chi connectivity index (χ0) is 17.1. The van der Waals surface area contributed by atoms with E-state index in [0.29, 0.717) is 19.6 Å². The van der Waals surface area contributed by atoms with Crippen LogP contribution in [-0.4, -0.2) is 93.4 Å². The molecule has 7 N–H and O–H groups in total. The van der Waals surface area contributed by atoms with Gasteiger partial charge in [-0.25, -0.2) is 0 Å². The standard InChI is InChI=1S/C13H25NO8/c1-2-5-22-6-3-4-14-13(21)12(20)11(19)10(18)9(17)8(16)7-15/h2,8-12,15-20H,1,3-7H2,(H,14,21)/t8-,9+,10-,11-,12-/m1/s1. The van der Waals surface area contributed by atoms with Crippen molar-refractivity contribution >= 4 is 5.91 Å². The largest absolute Gasteiger partial charge is 0.394 e. The van der Waals surface area contributed by atoms with Crippen LogP contribution >= 0.6 is 0 Å². The number of nitrogens with one attached hydrogen (secondary N) is 1. The summed E-state index contributed by atoms with van der Waals surface area (Å²) in [6, 6.07) is 0. The smallest absolute Gasteiger partial charge is 0.251 e. The fraction of sp³-hybridized carbons (Fsp3) is 0.769. The molecule has 0 radical (unpaired) electrons. The maximum absolute atomic E-state index is 11.6. The topological polar surface area (TPSA) is 160 Å². The van der Waals surface area contributed by atoms with E-state index in [1.807, 2.05) is 0 Å². The number of ether oxygens (including phenoxy) is 1. The third-order valence-corrected chi connectivity index (χ3v) is 2.87. The van der Waals surface area contributed by atoms with Gasteiger partial charge in [0.25, 0.3) is 5.91 Å². The van der Waals surface area contributed by atoms with E-state index in [0.717, 1.165) is 0 Å². The quantitative estimate of drug-likeness (QED) is 0.144. The molecule has 1 amide bonds. The van der Waals surface area contributed by atoms with Crippen LogP contribution in [0.2, 0.25) is 0 Å². The van der Waals surface area contributed by atoms with Crippen LogP contribution in [0.4, 0.5) is 0 Å². The average molecular weight is 323 g/mol. The molecule has 0 bridgehead atoms. The highest BCUT2D eigenvalue weighted by atomic mass is 16.5. The summed E-state index contributed by atoms with van der Waals surface area (Å²) >= 11 is 0. The van der Waals surface area contributed by atoms with Crippen LogP contribution in [0, 0.1) is 0 Å². The van der Waals surface area contributed by atoms with Gasteiger partial charge in [-0.05, 0) is 6.42 Å². The molecule has 22 heavy (non-hydrogen) atoms. The average Bonchev–Trinajstić information content (AvgIpc) is 2.54. The van der Waals surface area contributed by atoms with E-state index in [2.05, 4.69) is 11.9 Å². The zero-order valence-corrected chi connectivity index (χ0v) is 12.2. The van der Waals surface area contributed by atoms with E-state index in [-0.39, 0.29) is 6.54 Å². The predicted molar refractivity (Wildman–Crippen MR) is 75.8 cm³/mol. The molecule has 0 rings (SSSR count). The van der Waals surface area contributed by atoms with Crippen LogP contribution in [0.15, 0.2) is 12.7 Å². The Kier molecular flexibility index (Phi) is 10.9. The van der Waals surface area contributed by atoms with Gasteiger partial charge in [0.05, 0.1) is 13.2 Å². The van der Waals surface area contributed by atoms with Crippen molar-refractivity contribution in [2.24, 2.45) is 0 Å². The highest BCUT2D eigenvalue weighted by molar-refractivity contribution is 5.81. The van der Waals surface area contributed by atoms with E-state index in [4.69, 9.17) is 14.9 Å². The molecule has 0 unspecified atom stereocenters. The molecule has 0 heterocycles. The summed E-state index contributed by atoms with van der Waals surface area (Å²) in [7, 11) is 0. The second-order valence-corrected chi connectivity index (χ2v) is 4.67. The molecule has 0 aromatic heterocycles. The van der Waals surface area contributed by atoms with Gasteiger partial charge in [-0.3, -0.25) is 4.79 Å². The molecule has 0 aromatic rings. The van der Waals surface area contributed by atoms with E-state index >= 15 is 0 Å². The van der Waals surface area contributed by atoms with Crippen LogP contribution in [0.3, 0.4) is 0 Å². The number of rotatable bonds is 12. The van der Waals surface area contributed by atoms with Gasteiger partial charge < -0.3 is 40.7 Å². The summed E-state index contributed by atoms with van der Waals surface area (Å²) in [4.78, 5) is 11.6. The fourth-order valence-corrected chi connectivity index (χ4v) is 1.54. The molecule has 0 aromatic carbocycles. The van der Waals surface area contributed by atoms with Crippen LogP contribution in [-0.2, 0) is 9.53 Å². The van der Waals surface area contributed by atoms with Gasteiger partial charge in [0, 0.05) is 13.2 Å². The Morgan fingerprint density at radius 3 is 2.32 bits per heavy atom. The summed E-state index contributed by atoms with van der Waals surface area (Å²) in [6.07, 6.45) is -7.59. The lowest BCUT2D eigenvalue weighted by molar-refractivity contribution is -0.156. The second-order valence-electron chi connectivity index (χ2n) is 4.67. The summed E-state index contributed by atoms with van der Waals surface area (Å²) in [5.74, 6) is -0.944. The van der Waals surface area contributed by atoms with Crippen molar-refractivity contribution < 1.29 is 40.2 Å². The Labute approximate surface area is 128 Å². The molecule has 0 aliphatic carbocycles. The highest BCUT2D eigenvalue weighted by Gasteiger charge is 2.36. The van der Waals surface area contributed by atoms with Gasteiger partial charge in [-0.2, -0.15) is 0 Å². The number of hydrogen-bond donors (Lipinski definition) is 7. The Hall–Kier alpha value is -1.07. The molecule has 0 aliphatic heterocycles. The van der Waals surface area contributed by atoms with Crippen LogP contribution in [0.5, 0.6) is 0 Å². The van der Waals surface area contributed by atoms with Crippen molar-refractivity contribution in [3.8, 4) is 0 Å². The Morgan fingerprint density at radius 1 is 1.14 bits per heavy atom. The molecular weight excluding hydrogens is 298 g/mol. The van der Waals surface area contributed by atoms with Gasteiger partial charge >= 0.3 is 0 Å². The SMILES string of the molecule is C=CCOCCCNC(=O)[C@H](O)[C@H](O)[C@H](O)[C@@H](O)[C@H](O)CO. The first-order valence-electron chi connectivity index (χ1n) is 6.84. The molecule has 5 atom stereocenters. The van der Waals surface area contributed by atoms with E-state index in [9.17, 15) is 25.2 Å². The maximum Gasteiger partial charge on any atom is 0.251 e. The lowest BCUT2D eigenvalue weighted by atomic mass is 9.99. The van der Waals surface area contributed by atoms with Gasteiger partial charge in [0.1, 0.15) is 24.4 Å². The monoisotopic (exact) mass is 323 g/mol. The maximum atomic E-state index is 11.6. The third kappa shape index (κ3) is 7.27. The van der Waals surface area contributed by atoms with Crippen LogP contribution in [0.25, 0.3) is 0 Å². The number of aliphatic hydroxyl groups excluding tert-OH is 6. The van der Waals surface area contributed by atoms with E-state index in [1.54, 1.807) is 6.08 Å². The molecular formula is C13H25NO8. The van der Waals surface area contributed by atoms with Gasteiger partial charge in [0.15, 0.2) is 6.10 Å². The fourth-order valence-electron chi connectivity index (χ4n) is 1.54. The minimum atomic E-state index is -2.02. The first-order valence-corrected chi connectivity index (χ1v) is 6.84. The van der Waals surface area contributed by atoms with Crippen molar-refractivity contribution in [2.45, 2.75) is 36.9 Å². The van der Waals surface area contributed by atoms with Crippen molar-refractivity contribution in [1.29, 1.82) is 0 Å². The number of carbonyl (C=O) groups is 1. The Balaban J connectivity index is 4.17. The van der Waals surface area contributed by atoms with Gasteiger partial charge in [-0.15, -0.1) is 6.58 Å². The first kappa shape index (κ1) is 20.9. The Morgan fingerprint density at radius 2 is 1.77 bits per heavy atom. The number of carbonyl (C=O) groups excluding carboxylic acids is 1. The molecule has 130 valence electrons. The number of hydrogen-bond acceptors (Lipinski definition) is 8. The van der Waals surface area contributed by atoms with E-state index in [1.165, 1.54) is 0 Å². The Bertz CT molecular complexity index is 327. The molecule has 9 heteroatoms. The summed E-state index contributed by atoms with van der Waals surface area (Å²) < 4.78 is 5.08. The van der Waals surface area contributed by atoms with E-state index < -0.39 is 43.0 Å². The minimum absolute atomic E-state index is 0.178. The number of aliphatic hydroxyl groups is 6. The van der Waals surface area contributed by atoms with Gasteiger partial charge in [-0.1, -0.05) is 6.08 Å². The van der Waals surface area contributed by atoms with Gasteiger partial charge in [0.2, 0.25) is 0 Å². The van der Waals surface area contributed by atoms with Crippen LogP contribution in [0.1, 0.15) is 6.42 Å². The molecule has 9 nitrogen and oxygen atoms in total. The lowest BCUT2D eigenvalue weighted by Crippen LogP contribution is -2.54. The molecule has 0 spiro atoms. The molecule has 0 saturated heterocycles. The normalized spacial score (nSPS) is 18.1. The zero-order valence-electron chi connectivity index (χ0n) is 12.2. The first-order chi connectivity index (χ1) is 10.4.